The Bertz CT molecular complexity index is 1050. The SMILES string of the molecule is Cc1ccc(-c2c[n+](CC(=O)Nc3ccccc3C(F)(F)F)c3n2CCC3)cc1. The minimum atomic E-state index is -4.52. The molecule has 0 aliphatic carbocycles. The Hall–Kier alpha value is -3.09. The molecule has 29 heavy (non-hydrogen) atoms. The molecule has 0 unspecified atom stereocenters. The predicted molar refractivity (Wildman–Crippen MR) is 103 cm³/mol. The van der Waals surface area contributed by atoms with Crippen molar-refractivity contribution in [2.75, 3.05) is 5.32 Å². The molecule has 0 saturated heterocycles. The molecule has 4 nitrogen and oxygen atoms in total. The lowest BCUT2D eigenvalue weighted by Crippen LogP contribution is -2.42. The van der Waals surface area contributed by atoms with Crippen LogP contribution in [0.2, 0.25) is 0 Å². The van der Waals surface area contributed by atoms with E-state index in [2.05, 4.69) is 9.88 Å². The molecular formula is C22H21F3N3O+. The molecular weight excluding hydrogens is 379 g/mol. The molecule has 1 amide bonds. The van der Waals surface area contributed by atoms with Crippen LogP contribution in [0.3, 0.4) is 0 Å². The van der Waals surface area contributed by atoms with Crippen LogP contribution in [0, 0.1) is 6.92 Å². The number of nitrogens with zero attached hydrogens (tertiary/aromatic N) is 2. The summed E-state index contributed by atoms with van der Waals surface area (Å²) in [5, 5.41) is 2.42. The first kappa shape index (κ1) is 19.2. The number of anilines is 1. The maximum absolute atomic E-state index is 13.2. The van der Waals surface area contributed by atoms with E-state index in [1.54, 1.807) is 0 Å². The molecule has 0 atom stereocenters. The van der Waals surface area contributed by atoms with Gasteiger partial charge in [-0.05, 0) is 25.5 Å². The molecule has 150 valence electrons. The Morgan fingerprint density at radius 1 is 1.14 bits per heavy atom. The van der Waals surface area contributed by atoms with Crippen molar-refractivity contribution in [3.05, 3.63) is 71.7 Å². The quantitative estimate of drug-likeness (QED) is 0.650. The van der Waals surface area contributed by atoms with Crippen molar-refractivity contribution >= 4 is 11.6 Å². The normalized spacial score (nSPS) is 13.4. The Labute approximate surface area is 166 Å². The van der Waals surface area contributed by atoms with Crippen LogP contribution in [0.4, 0.5) is 18.9 Å². The van der Waals surface area contributed by atoms with Crippen LogP contribution in [0.1, 0.15) is 23.4 Å². The van der Waals surface area contributed by atoms with E-state index < -0.39 is 17.6 Å². The maximum atomic E-state index is 13.2. The topological polar surface area (TPSA) is 37.9 Å². The lowest BCUT2D eigenvalue weighted by atomic mass is 10.1. The second-order valence-electron chi connectivity index (χ2n) is 7.27. The molecule has 7 heteroatoms. The molecule has 2 heterocycles. The number of hydrogen-bond donors (Lipinski definition) is 1. The summed E-state index contributed by atoms with van der Waals surface area (Å²) in [7, 11) is 0. The van der Waals surface area contributed by atoms with Crippen LogP contribution in [0.25, 0.3) is 11.3 Å². The summed E-state index contributed by atoms with van der Waals surface area (Å²) in [5.74, 6) is 0.530. The minimum absolute atomic E-state index is 0.0343. The molecule has 4 rings (SSSR count). The summed E-state index contributed by atoms with van der Waals surface area (Å²) in [6.07, 6.45) is -0.798. The Morgan fingerprint density at radius 2 is 1.86 bits per heavy atom. The van der Waals surface area contributed by atoms with Gasteiger partial charge in [-0.3, -0.25) is 4.79 Å². The van der Waals surface area contributed by atoms with Gasteiger partial charge in [-0.1, -0.05) is 42.0 Å². The molecule has 0 bridgehead atoms. The molecule has 2 aromatic carbocycles. The number of benzene rings is 2. The molecule has 3 aromatic rings. The van der Waals surface area contributed by atoms with E-state index >= 15 is 0 Å². The molecule has 0 spiro atoms. The Kier molecular flexibility index (Phi) is 4.90. The van der Waals surface area contributed by atoms with Gasteiger partial charge in [0.25, 0.3) is 11.7 Å². The van der Waals surface area contributed by atoms with Crippen LogP contribution in [-0.4, -0.2) is 10.5 Å². The van der Waals surface area contributed by atoms with E-state index in [1.807, 2.05) is 42.0 Å². The number of fused-ring (bicyclic) bond motifs is 1. The van der Waals surface area contributed by atoms with Crippen LogP contribution >= 0.6 is 0 Å². The van der Waals surface area contributed by atoms with Gasteiger partial charge in [0.05, 0.1) is 24.2 Å². The smallest absolute Gasteiger partial charge is 0.322 e. The summed E-state index contributed by atoms with van der Waals surface area (Å²) >= 11 is 0. The van der Waals surface area contributed by atoms with Crippen LogP contribution in [0.15, 0.2) is 54.7 Å². The molecule has 1 aliphatic rings. The Morgan fingerprint density at radius 3 is 2.59 bits per heavy atom. The summed E-state index contributed by atoms with van der Waals surface area (Å²) in [4.78, 5) is 12.5. The second-order valence-corrected chi connectivity index (χ2v) is 7.27. The molecule has 0 saturated carbocycles. The number of aromatic nitrogens is 2. The van der Waals surface area contributed by atoms with Crippen molar-refractivity contribution in [1.82, 2.24) is 4.57 Å². The van der Waals surface area contributed by atoms with Crippen molar-refractivity contribution in [3.63, 3.8) is 0 Å². The number of hydrogen-bond acceptors (Lipinski definition) is 1. The number of rotatable bonds is 4. The van der Waals surface area contributed by atoms with E-state index in [1.165, 1.54) is 18.2 Å². The second kappa shape index (κ2) is 7.39. The number of amides is 1. The number of aryl methyl sites for hydroxylation is 1. The summed E-state index contributed by atoms with van der Waals surface area (Å²) in [6.45, 7) is 2.85. The molecule has 1 aromatic heterocycles. The third-order valence-corrected chi connectivity index (χ3v) is 5.16. The summed E-state index contributed by atoms with van der Waals surface area (Å²) in [6, 6.07) is 13.2. The number of para-hydroxylation sites is 1. The predicted octanol–water partition coefficient (Wildman–Crippen LogP) is 4.35. The van der Waals surface area contributed by atoms with Crippen molar-refractivity contribution in [2.24, 2.45) is 0 Å². The van der Waals surface area contributed by atoms with E-state index in [0.717, 1.165) is 48.1 Å². The number of carbonyl (C=O) groups is 1. The van der Waals surface area contributed by atoms with Gasteiger partial charge in [0.1, 0.15) is 6.20 Å². The summed E-state index contributed by atoms with van der Waals surface area (Å²) < 4.78 is 43.5. The zero-order valence-electron chi connectivity index (χ0n) is 16.0. The monoisotopic (exact) mass is 400 g/mol. The Balaban J connectivity index is 1.59. The first-order valence-electron chi connectivity index (χ1n) is 9.48. The molecule has 0 fully saturated rings. The van der Waals surface area contributed by atoms with Gasteiger partial charge in [-0.2, -0.15) is 13.2 Å². The first-order chi connectivity index (χ1) is 13.8. The average molecular weight is 400 g/mol. The third kappa shape index (κ3) is 3.90. The number of imidazole rings is 1. The lowest BCUT2D eigenvalue weighted by Gasteiger charge is -2.13. The number of alkyl halides is 3. The molecule has 0 radical (unpaired) electrons. The number of nitrogens with one attached hydrogen (secondary N) is 1. The average Bonchev–Trinajstić information content (AvgIpc) is 3.26. The van der Waals surface area contributed by atoms with Crippen molar-refractivity contribution < 1.29 is 22.5 Å². The zero-order valence-corrected chi connectivity index (χ0v) is 16.0. The fourth-order valence-electron chi connectivity index (χ4n) is 3.78. The van der Waals surface area contributed by atoms with Crippen LogP contribution in [-0.2, 0) is 30.5 Å². The minimum Gasteiger partial charge on any atom is -0.322 e. The van der Waals surface area contributed by atoms with Gasteiger partial charge < -0.3 is 5.32 Å². The van der Waals surface area contributed by atoms with Gasteiger partial charge in [0.15, 0.2) is 12.2 Å². The van der Waals surface area contributed by atoms with Gasteiger partial charge in [0, 0.05) is 5.56 Å². The highest BCUT2D eigenvalue weighted by Crippen LogP contribution is 2.34. The molecule has 1 N–H and O–H groups in total. The van der Waals surface area contributed by atoms with E-state index in [9.17, 15) is 18.0 Å². The number of halogens is 3. The van der Waals surface area contributed by atoms with Gasteiger partial charge in [-0.25, -0.2) is 9.13 Å². The van der Waals surface area contributed by atoms with Gasteiger partial charge in [-0.15, -0.1) is 0 Å². The van der Waals surface area contributed by atoms with Crippen molar-refractivity contribution in [3.8, 4) is 11.3 Å². The van der Waals surface area contributed by atoms with Gasteiger partial charge >= 0.3 is 6.18 Å². The standard InChI is InChI=1S/C22H20F3N3O/c1-15-8-10-16(11-9-15)19-13-27(21-7-4-12-28(19)21)14-20(29)26-18-6-3-2-5-17(18)22(23,24)25/h2-3,5-6,8-11,13H,4,7,12,14H2,1H3/p+1. The summed E-state index contributed by atoms with van der Waals surface area (Å²) in [5.41, 5.74) is 2.17. The lowest BCUT2D eigenvalue weighted by molar-refractivity contribution is -0.690. The molecule has 1 aliphatic heterocycles. The van der Waals surface area contributed by atoms with Crippen LogP contribution < -0.4 is 9.88 Å². The first-order valence-corrected chi connectivity index (χ1v) is 9.48. The van der Waals surface area contributed by atoms with E-state index in [-0.39, 0.29) is 12.2 Å². The van der Waals surface area contributed by atoms with Crippen molar-refractivity contribution in [2.45, 2.75) is 39.0 Å². The fourth-order valence-corrected chi connectivity index (χ4v) is 3.78. The highest BCUT2D eigenvalue weighted by atomic mass is 19.4. The third-order valence-electron chi connectivity index (χ3n) is 5.16. The van der Waals surface area contributed by atoms with Crippen molar-refractivity contribution in [1.29, 1.82) is 0 Å². The highest BCUT2D eigenvalue weighted by molar-refractivity contribution is 5.90. The largest absolute Gasteiger partial charge is 0.418 e. The van der Waals surface area contributed by atoms with E-state index in [0.29, 0.717) is 0 Å². The fraction of sp³-hybridized carbons (Fsp3) is 0.273. The maximum Gasteiger partial charge on any atom is 0.418 e. The zero-order chi connectivity index (χ0) is 20.6. The van der Waals surface area contributed by atoms with Crippen LogP contribution in [0.5, 0.6) is 0 Å². The van der Waals surface area contributed by atoms with E-state index in [4.69, 9.17) is 0 Å². The number of carbonyl (C=O) groups excluding carboxylic acids is 1. The highest BCUT2D eigenvalue weighted by Gasteiger charge is 2.34. The van der Waals surface area contributed by atoms with Gasteiger partial charge in [0.2, 0.25) is 0 Å².